The molecule has 0 spiro atoms. The van der Waals surface area contributed by atoms with Crippen LogP contribution in [-0.4, -0.2) is 50.8 Å². The standard InChI is InChI=1S/C10H15NO4/c12-7-11-3-1-4-13-9-6-15-8-2-5-14-10(8)9/h8-10H,1-6H2. The number of aliphatic imine (C=N–C) groups is 1. The number of isocyanates is 1. The van der Waals surface area contributed by atoms with Crippen molar-refractivity contribution in [3.63, 3.8) is 0 Å². The lowest BCUT2D eigenvalue weighted by molar-refractivity contribution is -0.0309. The Morgan fingerprint density at radius 3 is 3.27 bits per heavy atom. The topological polar surface area (TPSA) is 57.1 Å². The third-order valence-electron chi connectivity index (χ3n) is 2.73. The molecule has 0 bridgehead atoms. The molecule has 2 fully saturated rings. The quantitative estimate of drug-likeness (QED) is 0.374. The van der Waals surface area contributed by atoms with Gasteiger partial charge in [-0.1, -0.05) is 0 Å². The maximum Gasteiger partial charge on any atom is 0.234 e. The first-order chi connectivity index (χ1) is 7.42. The summed E-state index contributed by atoms with van der Waals surface area (Å²) in [6.45, 7) is 2.45. The lowest BCUT2D eigenvalue weighted by atomic mass is 10.1. The zero-order valence-corrected chi connectivity index (χ0v) is 8.55. The van der Waals surface area contributed by atoms with E-state index in [9.17, 15) is 4.79 Å². The Morgan fingerprint density at radius 1 is 1.47 bits per heavy atom. The second-order valence-corrected chi connectivity index (χ2v) is 3.73. The van der Waals surface area contributed by atoms with Gasteiger partial charge in [0.05, 0.1) is 19.3 Å². The van der Waals surface area contributed by atoms with E-state index in [-0.39, 0.29) is 18.3 Å². The number of rotatable bonds is 5. The van der Waals surface area contributed by atoms with E-state index in [1.165, 1.54) is 6.08 Å². The normalized spacial score (nSPS) is 33.7. The van der Waals surface area contributed by atoms with E-state index < -0.39 is 0 Å². The highest BCUT2D eigenvalue weighted by molar-refractivity contribution is 5.32. The van der Waals surface area contributed by atoms with Crippen molar-refractivity contribution in [1.29, 1.82) is 0 Å². The average Bonchev–Trinajstić information content (AvgIpc) is 2.81. The van der Waals surface area contributed by atoms with Crippen LogP contribution < -0.4 is 0 Å². The maximum absolute atomic E-state index is 9.80. The third kappa shape index (κ3) is 2.63. The highest BCUT2D eigenvalue weighted by Gasteiger charge is 2.42. The minimum atomic E-state index is 0.0534. The smallest absolute Gasteiger partial charge is 0.234 e. The lowest BCUT2D eigenvalue weighted by Gasteiger charge is -2.16. The van der Waals surface area contributed by atoms with E-state index >= 15 is 0 Å². The number of hydrogen-bond acceptors (Lipinski definition) is 5. The third-order valence-corrected chi connectivity index (χ3v) is 2.73. The van der Waals surface area contributed by atoms with Crippen LogP contribution in [0.2, 0.25) is 0 Å². The van der Waals surface area contributed by atoms with Crippen molar-refractivity contribution < 1.29 is 19.0 Å². The van der Waals surface area contributed by atoms with Gasteiger partial charge in [0.2, 0.25) is 6.08 Å². The van der Waals surface area contributed by atoms with Gasteiger partial charge in [-0.2, -0.15) is 0 Å². The van der Waals surface area contributed by atoms with Gasteiger partial charge < -0.3 is 14.2 Å². The fraction of sp³-hybridized carbons (Fsp3) is 0.900. The molecule has 2 aliphatic heterocycles. The predicted molar refractivity (Wildman–Crippen MR) is 51.4 cm³/mol. The fourth-order valence-corrected chi connectivity index (χ4v) is 2.00. The van der Waals surface area contributed by atoms with Crippen molar-refractivity contribution in [3.8, 4) is 0 Å². The maximum atomic E-state index is 9.80. The van der Waals surface area contributed by atoms with Crippen LogP contribution >= 0.6 is 0 Å². The Labute approximate surface area is 88.4 Å². The summed E-state index contributed by atoms with van der Waals surface area (Å²) in [6.07, 6.45) is 3.60. The van der Waals surface area contributed by atoms with Crippen LogP contribution in [0.5, 0.6) is 0 Å². The Hall–Kier alpha value is -0.740. The van der Waals surface area contributed by atoms with Crippen molar-refractivity contribution >= 4 is 6.08 Å². The summed E-state index contributed by atoms with van der Waals surface area (Å²) >= 11 is 0. The second kappa shape index (κ2) is 5.37. The molecule has 15 heavy (non-hydrogen) atoms. The lowest BCUT2D eigenvalue weighted by Crippen LogP contribution is -2.30. The molecule has 0 aromatic rings. The van der Waals surface area contributed by atoms with Gasteiger partial charge in [0.1, 0.15) is 12.2 Å². The molecule has 0 aliphatic carbocycles. The molecule has 0 aromatic carbocycles. The zero-order chi connectivity index (χ0) is 10.5. The second-order valence-electron chi connectivity index (χ2n) is 3.73. The summed E-state index contributed by atoms with van der Waals surface area (Å²) in [5, 5.41) is 0. The van der Waals surface area contributed by atoms with Crippen LogP contribution in [0, 0.1) is 0 Å². The SMILES string of the molecule is O=C=NCCCOC1COC2CCOC21. The summed E-state index contributed by atoms with van der Waals surface area (Å²) in [5.74, 6) is 0. The first kappa shape index (κ1) is 10.8. The van der Waals surface area contributed by atoms with Crippen LogP contribution in [0.25, 0.3) is 0 Å². The van der Waals surface area contributed by atoms with Crippen LogP contribution in [0.3, 0.4) is 0 Å². The Kier molecular flexibility index (Phi) is 3.86. The molecule has 2 aliphatic rings. The average molecular weight is 213 g/mol. The van der Waals surface area contributed by atoms with Gasteiger partial charge in [-0.15, -0.1) is 0 Å². The van der Waals surface area contributed by atoms with Gasteiger partial charge in [-0.05, 0) is 12.8 Å². The number of nitrogens with zero attached hydrogens (tertiary/aromatic N) is 1. The van der Waals surface area contributed by atoms with E-state index in [1.54, 1.807) is 0 Å². The highest BCUT2D eigenvalue weighted by Crippen LogP contribution is 2.28. The monoisotopic (exact) mass is 213 g/mol. The van der Waals surface area contributed by atoms with Crippen LogP contribution in [-0.2, 0) is 19.0 Å². The van der Waals surface area contributed by atoms with E-state index in [0.717, 1.165) is 19.4 Å². The van der Waals surface area contributed by atoms with E-state index in [4.69, 9.17) is 14.2 Å². The summed E-state index contributed by atoms with van der Waals surface area (Å²) in [4.78, 5) is 13.3. The first-order valence-corrected chi connectivity index (χ1v) is 5.30. The minimum Gasteiger partial charge on any atom is -0.373 e. The molecule has 0 aromatic heterocycles. The molecule has 0 amide bonds. The number of hydrogen-bond donors (Lipinski definition) is 0. The van der Waals surface area contributed by atoms with Gasteiger partial charge in [0.15, 0.2) is 0 Å². The summed E-state index contributed by atoms with van der Waals surface area (Å²) < 4.78 is 16.7. The molecule has 3 unspecified atom stereocenters. The Bertz CT molecular complexity index is 252. The van der Waals surface area contributed by atoms with Crippen LogP contribution in [0.15, 0.2) is 4.99 Å². The molecular formula is C10H15NO4. The van der Waals surface area contributed by atoms with Gasteiger partial charge >= 0.3 is 0 Å². The molecule has 5 heteroatoms. The van der Waals surface area contributed by atoms with Crippen LogP contribution in [0.4, 0.5) is 0 Å². The van der Waals surface area contributed by atoms with Gasteiger partial charge in [0, 0.05) is 13.2 Å². The molecule has 2 heterocycles. The number of carbonyl (C=O) groups excluding carboxylic acids is 1. The van der Waals surface area contributed by atoms with Crippen molar-refractivity contribution in [3.05, 3.63) is 0 Å². The van der Waals surface area contributed by atoms with Crippen molar-refractivity contribution in [2.45, 2.75) is 31.2 Å². The van der Waals surface area contributed by atoms with Gasteiger partial charge in [0.25, 0.3) is 0 Å². The van der Waals surface area contributed by atoms with Crippen molar-refractivity contribution in [2.75, 3.05) is 26.4 Å². The molecule has 2 rings (SSSR count). The Morgan fingerprint density at radius 2 is 2.40 bits per heavy atom. The molecule has 0 radical (unpaired) electrons. The number of fused-ring (bicyclic) bond motifs is 1. The van der Waals surface area contributed by atoms with Crippen molar-refractivity contribution in [1.82, 2.24) is 0 Å². The fourth-order valence-electron chi connectivity index (χ4n) is 2.00. The van der Waals surface area contributed by atoms with Gasteiger partial charge in [-0.3, -0.25) is 0 Å². The molecule has 0 saturated carbocycles. The first-order valence-electron chi connectivity index (χ1n) is 5.30. The summed E-state index contributed by atoms with van der Waals surface area (Å²) in [7, 11) is 0. The molecule has 3 atom stereocenters. The molecule has 2 saturated heterocycles. The highest BCUT2D eigenvalue weighted by atomic mass is 16.6. The summed E-state index contributed by atoms with van der Waals surface area (Å²) in [6, 6.07) is 0. The van der Waals surface area contributed by atoms with E-state index in [1.807, 2.05) is 0 Å². The predicted octanol–water partition coefficient (Wildman–Crippen LogP) is 0.285. The largest absolute Gasteiger partial charge is 0.373 e. The van der Waals surface area contributed by atoms with Crippen molar-refractivity contribution in [2.24, 2.45) is 4.99 Å². The Balaban J connectivity index is 1.65. The summed E-state index contributed by atoms with van der Waals surface area (Å²) in [5.41, 5.74) is 0. The zero-order valence-electron chi connectivity index (χ0n) is 8.55. The molecular weight excluding hydrogens is 198 g/mol. The number of ether oxygens (including phenoxy) is 3. The van der Waals surface area contributed by atoms with Gasteiger partial charge in [-0.25, -0.2) is 9.79 Å². The van der Waals surface area contributed by atoms with E-state index in [0.29, 0.717) is 19.8 Å². The van der Waals surface area contributed by atoms with E-state index in [2.05, 4.69) is 4.99 Å². The van der Waals surface area contributed by atoms with Crippen LogP contribution in [0.1, 0.15) is 12.8 Å². The molecule has 84 valence electrons. The molecule has 0 N–H and O–H groups in total. The minimum absolute atomic E-state index is 0.0534. The molecule has 5 nitrogen and oxygen atoms in total.